The third-order valence-electron chi connectivity index (χ3n) is 2.02. The zero-order chi connectivity index (χ0) is 9.10. The van der Waals surface area contributed by atoms with Crippen molar-refractivity contribution in [3.63, 3.8) is 0 Å². The Morgan fingerprint density at radius 1 is 1.62 bits per heavy atom. The summed E-state index contributed by atoms with van der Waals surface area (Å²) in [7, 11) is 0. The van der Waals surface area contributed by atoms with E-state index in [4.69, 9.17) is 5.26 Å². The molecule has 0 aromatic carbocycles. The van der Waals surface area contributed by atoms with E-state index in [1.54, 1.807) is 12.3 Å². The molecule has 0 bridgehead atoms. The van der Waals surface area contributed by atoms with Crippen LogP contribution in [0.2, 0.25) is 0 Å². The van der Waals surface area contributed by atoms with Gasteiger partial charge in [0.15, 0.2) is 0 Å². The standard InChI is InChI=1S/C10H9N3/c11-4-1-2-8-6-9-3-5-12-10(9)13-7-8/h1-2,6-7H,3,5H2,(H,12,13). The summed E-state index contributed by atoms with van der Waals surface area (Å²) in [6.45, 7) is 0.966. The molecule has 0 atom stereocenters. The fourth-order valence-corrected chi connectivity index (χ4v) is 1.42. The molecule has 2 heterocycles. The molecule has 64 valence electrons. The molecule has 0 saturated carbocycles. The Labute approximate surface area is 76.7 Å². The van der Waals surface area contributed by atoms with Gasteiger partial charge in [0.1, 0.15) is 5.82 Å². The van der Waals surface area contributed by atoms with Gasteiger partial charge in [-0.05, 0) is 29.7 Å². The summed E-state index contributed by atoms with van der Waals surface area (Å²) in [6, 6.07) is 4.03. The second-order valence-corrected chi connectivity index (χ2v) is 2.92. The van der Waals surface area contributed by atoms with Gasteiger partial charge in [-0.1, -0.05) is 0 Å². The zero-order valence-electron chi connectivity index (χ0n) is 7.12. The lowest BCUT2D eigenvalue weighted by Crippen LogP contribution is -1.92. The van der Waals surface area contributed by atoms with Gasteiger partial charge in [-0.25, -0.2) is 4.98 Å². The average Bonchev–Trinajstić information content (AvgIpc) is 2.61. The van der Waals surface area contributed by atoms with Gasteiger partial charge in [-0.2, -0.15) is 5.26 Å². The minimum atomic E-state index is 0.966. The first-order valence-corrected chi connectivity index (χ1v) is 4.19. The number of hydrogen-bond donors (Lipinski definition) is 1. The van der Waals surface area contributed by atoms with Crippen LogP contribution in [0, 0.1) is 11.3 Å². The lowest BCUT2D eigenvalue weighted by atomic mass is 10.1. The molecule has 1 aromatic rings. The number of nitriles is 1. The number of pyridine rings is 1. The molecule has 0 radical (unpaired) electrons. The summed E-state index contributed by atoms with van der Waals surface area (Å²) < 4.78 is 0. The maximum atomic E-state index is 8.35. The van der Waals surface area contributed by atoms with Crippen LogP contribution < -0.4 is 5.32 Å². The molecule has 13 heavy (non-hydrogen) atoms. The molecule has 1 aliphatic rings. The van der Waals surface area contributed by atoms with Crippen LogP contribution in [0.4, 0.5) is 5.82 Å². The molecule has 0 aliphatic carbocycles. The van der Waals surface area contributed by atoms with Gasteiger partial charge in [0.05, 0.1) is 6.07 Å². The average molecular weight is 171 g/mol. The van der Waals surface area contributed by atoms with Crippen molar-refractivity contribution in [1.29, 1.82) is 5.26 Å². The van der Waals surface area contributed by atoms with Crippen LogP contribution in [-0.4, -0.2) is 11.5 Å². The number of rotatable bonds is 1. The van der Waals surface area contributed by atoms with Crippen molar-refractivity contribution in [3.05, 3.63) is 29.5 Å². The summed E-state index contributed by atoms with van der Waals surface area (Å²) in [5.41, 5.74) is 2.23. The Hall–Kier alpha value is -1.82. The molecule has 0 spiro atoms. The van der Waals surface area contributed by atoms with Crippen molar-refractivity contribution in [2.75, 3.05) is 11.9 Å². The largest absolute Gasteiger partial charge is 0.370 e. The Morgan fingerprint density at radius 3 is 3.38 bits per heavy atom. The molecule has 3 heteroatoms. The molecule has 1 aromatic heterocycles. The van der Waals surface area contributed by atoms with E-state index < -0.39 is 0 Å². The van der Waals surface area contributed by atoms with E-state index in [1.807, 2.05) is 6.07 Å². The SMILES string of the molecule is N#CC=Cc1cnc2c(c1)CCN2. The Morgan fingerprint density at radius 2 is 2.54 bits per heavy atom. The van der Waals surface area contributed by atoms with Crippen molar-refractivity contribution in [1.82, 2.24) is 4.98 Å². The molecular weight excluding hydrogens is 162 g/mol. The van der Waals surface area contributed by atoms with E-state index in [1.165, 1.54) is 11.6 Å². The molecule has 0 fully saturated rings. The van der Waals surface area contributed by atoms with Gasteiger partial charge in [0, 0.05) is 18.8 Å². The summed E-state index contributed by atoms with van der Waals surface area (Å²) in [4.78, 5) is 4.24. The second-order valence-electron chi connectivity index (χ2n) is 2.92. The van der Waals surface area contributed by atoms with Crippen LogP contribution in [0.25, 0.3) is 6.08 Å². The van der Waals surface area contributed by atoms with Crippen LogP contribution >= 0.6 is 0 Å². The molecule has 2 rings (SSSR count). The monoisotopic (exact) mass is 171 g/mol. The molecule has 1 aliphatic heterocycles. The highest BCUT2D eigenvalue weighted by atomic mass is 15.0. The van der Waals surface area contributed by atoms with Crippen molar-refractivity contribution >= 4 is 11.9 Å². The van der Waals surface area contributed by atoms with E-state index >= 15 is 0 Å². The smallest absolute Gasteiger partial charge is 0.129 e. The number of aromatic nitrogens is 1. The number of nitrogens with one attached hydrogen (secondary N) is 1. The molecule has 0 saturated heterocycles. The van der Waals surface area contributed by atoms with Gasteiger partial charge in [0.25, 0.3) is 0 Å². The lowest BCUT2D eigenvalue weighted by molar-refractivity contribution is 1.11. The number of allylic oxidation sites excluding steroid dienone is 1. The molecule has 3 nitrogen and oxygen atoms in total. The minimum Gasteiger partial charge on any atom is -0.370 e. The van der Waals surface area contributed by atoms with E-state index in [-0.39, 0.29) is 0 Å². The maximum Gasteiger partial charge on any atom is 0.129 e. The van der Waals surface area contributed by atoms with Gasteiger partial charge < -0.3 is 5.32 Å². The molecule has 1 N–H and O–H groups in total. The van der Waals surface area contributed by atoms with E-state index in [0.717, 1.165) is 24.3 Å². The normalized spacial score (nSPS) is 13.8. The predicted molar refractivity (Wildman–Crippen MR) is 51.1 cm³/mol. The van der Waals surface area contributed by atoms with Gasteiger partial charge in [0.2, 0.25) is 0 Å². The first kappa shape index (κ1) is 7.81. The minimum absolute atomic E-state index is 0.966. The number of hydrogen-bond acceptors (Lipinski definition) is 3. The number of anilines is 1. The number of nitrogens with zero attached hydrogens (tertiary/aromatic N) is 2. The summed E-state index contributed by atoms with van der Waals surface area (Å²) in [5.74, 6) is 0.981. The van der Waals surface area contributed by atoms with Gasteiger partial charge in [-0.3, -0.25) is 0 Å². The van der Waals surface area contributed by atoms with Crippen molar-refractivity contribution < 1.29 is 0 Å². The molecule has 0 unspecified atom stereocenters. The first-order chi connectivity index (χ1) is 6.40. The molecule has 0 amide bonds. The van der Waals surface area contributed by atoms with E-state index in [2.05, 4.69) is 16.4 Å². The third-order valence-corrected chi connectivity index (χ3v) is 2.02. The van der Waals surface area contributed by atoms with E-state index in [9.17, 15) is 0 Å². The highest BCUT2D eigenvalue weighted by Crippen LogP contribution is 2.20. The highest BCUT2D eigenvalue weighted by molar-refractivity contribution is 5.58. The topological polar surface area (TPSA) is 48.7 Å². The highest BCUT2D eigenvalue weighted by Gasteiger charge is 2.10. The summed E-state index contributed by atoms with van der Waals surface area (Å²) in [5, 5.41) is 11.5. The van der Waals surface area contributed by atoms with Crippen molar-refractivity contribution in [2.45, 2.75) is 6.42 Å². The fraction of sp³-hybridized carbons (Fsp3) is 0.200. The van der Waals surface area contributed by atoms with Crippen LogP contribution in [0.5, 0.6) is 0 Å². The van der Waals surface area contributed by atoms with Gasteiger partial charge in [-0.15, -0.1) is 0 Å². The maximum absolute atomic E-state index is 8.35. The van der Waals surface area contributed by atoms with Crippen molar-refractivity contribution in [3.8, 4) is 6.07 Å². The fourth-order valence-electron chi connectivity index (χ4n) is 1.42. The van der Waals surface area contributed by atoms with E-state index in [0.29, 0.717) is 0 Å². The van der Waals surface area contributed by atoms with Crippen LogP contribution in [0.3, 0.4) is 0 Å². The third kappa shape index (κ3) is 1.52. The number of fused-ring (bicyclic) bond motifs is 1. The molecular formula is C10H9N3. The van der Waals surface area contributed by atoms with Crippen LogP contribution in [-0.2, 0) is 6.42 Å². The zero-order valence-corrected chi connectivity index (χ0v) is 7.12. The summed E-state index contributed by atoms with van der Waals surface area (Å²) in [6.07, 6.45) is 6.03. The van der Waals surface area contributed by atoms with Crippen LogP contribution in [0.1, 0.15) is 11.1 Å². The van der Waals surface area contributed by atoms with Gasteiger partial charge >= 0.3 is 0 Å². The Kier molecular flexibility index (Phi) is 1.97. The summed E-state index contributed by atoms with van der Waals surface area (Å²) >= 11 is 0. The Balaban J connectivity index is 2.32. The first-order valence-electron chi connectivity index (χ1n) is 4.19. The Bertz CT molecular complexity index is 388. The quantitative estimate of drug-likeness (QED) is 0.653. The lowest BCUT2D eigenvalue weighted by Gasteiger charge is -1.98. The second kappa shape index (κ2) is 3.28. The van der Waals surface area contributed by atoms with Crippen molar-refractivity contribution in [2.24, 2.45) is 0 Å². The van der Waals surface area contributed by atoms with Crippen LogP contribution in [0.15, 0.2) is 18.3 Å². The predicted octanol–water partition coefficient (Wildman–Crippen LogP) is 1.59.